The lowest BCUT2D eigenvalue weighted by Gasteiger charge is -2.31. The molecule has 2 aromatic carbocycles. The van der Waals surface area contributed by atoms with Gasteiger partial charge in [0.05, 0.1) is 12.0 Å². The highest BCUT2D eigenvalue weighted by molar-refractivity contribution is 6.01. The Morgan fingerprint density at radius 1 is 1.12 bits per heavy atom. The van der Waals surface area contributed by atoms with Crippen molar-refractivity contribution >= 4 is 11.9 Å². The second kappa shape index (κ2) is 5.13. The number of fused-ring (bicyclic) bond motifs is 2. The first-order chi connectivity index (χ1) is 11.4. The Kier molecular flexibility index (Phi) is 3.17. The molecule has 1 atom stereocenters. The van der Waals surface area contributed by atoms with E-state index in [-0.39, 0.29) is 29.7 Å². The van der Waals surface area contributed by atoms with Crippen LogP contribution in [0.3, 0.4) is 0 Å². The van der Waals surface area contributed by atoms with Gasteiger partial charge in [-0.2, -0.15) is 0 Å². The van der Waals surface area contributed by atoms with Gasteiger partial charge in [0.15, 0.2) is 5.78 Å². The van der Waals surface area contributed by atoms with Gasteiger partial charge in [-0.25, -0.2) is 0 Å². The summed E-state index contributed by atoms with van der Waals surface area (Å²) in [6, 6.07) is 10.4. The average molecular weight is 322 g/mol. The molecule has 4 rings (SSSR count). The quantitative estimate of drug-likeness (QED) is 0.851. The van der Waals surface area contributed by atoms with E-state index in [0.717, 1.165) is 16.9 Å². The molecule has 122 valence electrons. The summed E-state index contributed by atoms with van der Waals surface area (Å²) in [4.78, 5) is 12.6. The predicted octanol–water partition coefficient (Wildman–Crippen LogP) is 4.28. The maximum absolute atomic E-state index is 12.6. The number of phenols is 1. The Hall–Kier alpha value is -2.75. The number of hydrogen-bond donors (Lipinski definition) is 1. The number of hydrogen-bond acceptors (Lipinski definition) is 4. The summed E-state index contributed by atoms with van der Waals surface area (Å²) in [6.07, 6.45) is 3.90. The number of ketones is 1. The second-order valence-electron chi connectivity index (χ2n) is 6.75. The molecule has 0 aliphatic carbocycles. The number of aromatic hydroxyl groups is 1. The Balaban J connectivity index is 1.71. The summed E-state index contributed by atoms with van der Waals surface area (Å²) in [5.74, 6) is 1.52. The summed E-state index contributed by atoms with van der Waals surface area (Å²) in [7, 11) is 0. The van der Waals surface area contributed by atoms with E-state index in [4.69, 9.17) is 9.47 Å². The van der Waals surface area contributed by atoms with Crippen molar-refractivity contribution in [3.63, 3.8) is 0 Å². The summed E-state index contributed by atoms with van der Waals surface area (Å²) in [6.45, 7) is 3.97. The van der Waals surface area contributed by atoms with E-state index in [0.29, 0.717) is 11.3 Å². The SMILES string of the molecule is CC1(C)C=Cc2cc3c(cc2O1)O[C@H](c1ccc(O)cc1)CC3=O. The topological polar surface area (TPSA) is 55.8 Å². The zero-order chi connectivity index (χ0) is 16.9. The molecule has 0 spiro atoms. The number of carbonyl (C=O) groups excluding carboxylic acids is 1. The molecule has 4 nitrogen and oxygen atoms in total. The standard InChI is InChI=1S/C20H18O4/c1-20(2)8-7-13-9-15-16(22)10-17(12-3-5-14(21)6-4-12)23-19(15)11-18(13)24-20/h3-9,11,17,21H,10H2,1-2H3/t17-/m0/s1. The van der Waals surface area contributed by atoms with Gasteiger partial charge in [0.1, 0.15) is 29.0 Å². The van der Waals surface area contributed by atoms with E-state index in [1.807, 2.05) is 32.1 Å². The van der Waals surface area contributed by atoms with Gasteiger partial charge in [-0.05, 0) is 43.7 Å². The molecule has 2 aromatic rings. The zero-order valence-corrected chi connectivity index (χ0v) is 13.6. The first-order valence-corrected chi connectivity index (χ1v) is 7.96. The van der Waals surface area contributed by atoms with Gasteiger partial charge in [0.2, 0.25) is 0 Å². The molecule has 4 heteroatoms. The van der Waals surface area contributed by atoms with E-state index in [1.54, 1.807) is 30.3 Å². The molecular weight excluding hydrogens is 304 g/mol. The second-order valence-corrected chi connectivity index (χ2v) is 6.75. The Labute approximate surface area is 140 Å². The van der Waals surface area contributed by atoms with Gasteiger partial charge >= 0.3 is 0 Å². The fourth-order valence-corrected chi connectivity index (χ4v) is 3.07. The normalized spacial score (nSPS) is 20.6. The molecule has 0 saturated heterocycles. The molecule has 0 aromatic heterocycles. The first-order valence-electron chi connectivity index (χ1n) is 7.96. The number of carbonyl (C=O) groups is 1. The maximum Gasteiger partial charge on any atom is 0.170 e. The van der Waals surface area contributed by atoms with E-state index in [2.05, 4.69) is 0 Å². The van der Waals surface area contributed by atoms with Crippen LogP contribution in [0.1, 0.15) is 47.9 Å². The van der Waals surface area contributed by atoms with Crippen LogP contribution in [0, 0.1) is 0 Å². The van der Waals surface area contributed by atoms with Gasteiger partial charge in [-0.15, -0.1) is 0 Å². The fourth-order valence-electron chi connectivity index (χ4n) is 3.07. The number of ether oxygens (including phenoxy) is 2. The predicted molar refractivity (Wildman–Crippen MR) is 90.6 cm³/mol. The molecule has 0 unspecified atom stereocenters. The molecule has 2 aliphatic rings. The monoisotopic (exact) mass is 322 g/mol. The van der Waals surface area contributed by atoms with Gasteiger partial charge in [0.25, 0.3) is 0 Å². The van der Waals surface area contributed by atoms with Crippen LogP contribution >= 0.6 is 0 Å². The maximum atomic E-state index is 12.6. The van der Waals surface area contributed by atoms with Crippen molar-refractivity contribution in [3.8, 4) is 17.2 Å². The van der Waals surface area contributed by atoms with Crippen molar-refractivity contribution in [2.24, 2.45) is 0 Å². The van der Waals surface area contributed by atoms with Crippen molar-refractivity contribution < 1.29 is 19.4 Å². The van der Waals surface area contributed by atoms with Crippen LogP contribution in [0.5, 0.6) is 17.2 Å². The highest BCUT2D eigenvalue weighted by Gasteiger charge is 2.31. The number of benzene rings is 2. The first kappa shape index (κ1) is 14.8. The molecule has 0 fully saturated rings. The highest BCUT2D eigenvalue weighted by atomic mass is 16.5. The fraction of sp³-hybridized carbons (Fsp3) is 0.250. The molecule has 2 heterocycles. The Bertz CT molecular complexity index is 847. The summed E-state index contributed by atoms with van der Waals surface area (Å²) in [5.41, 5.74) is 1.98. The lowest BCUT2D eigenvalue weighted by molar-refractivity contribution is 0.0847. The van der Waals surface area contributed by atoms with E-state index >= 15 is 0 Å². The summed E-state index contributed by atoms with van der Waals surface area (Å²) < 4.78 is 12.0. The largest absolute Gasteiger partial charge is 0.508 e. The smallest absolute Gasteiger partial charge is 0.170 e. The van der Waals surface area contributed by atoms with E-state index < -0.39 is 0 Å². The molecule has 1 N–H and O–H groups in total. The molecule has 0 amide bonds. The van der Waals surface area contributed by atoms with Crippen molar-refractivity contribution in [3.05, 3.63) is 59.2 Å². The summed E-state index contributed by atoms with van der Waals surface area (Å²) in [5, 5.41) is 9.42. The minimum Gasteiger partial charge on any atom is -0.508 e. The Morgan fingerprint density at radius 2 is 1.88 bits per heavy atom. The van der Waals surface area contributed by atoms with Crippen LogP contribution in [-0.2, 0) is 0 Å². The number of phenolic OH excluding ortho intramolecular Hbond substituents is 1. The summed E-state index contributed by atoms with van der Waals surface area (Å²) >= 11 is 0. The lowest BCUT2D eigenvalue weighted by Crippen LogP contribution is -2.28. The molecular formula is C20H18O4. The number of rotatable bonds is 1. The minimum atomic E-state index is -0.379. The van der Waals surface area contributed by atoms with Crippen molar-refractivity contribution in [2.45, 2.75) is 32.0 Å². The van der Waals surface area contributed by atoms with Gasteiger partial charge in [-0.3, -0.25) is 4.79 Å². The molecule has 2 aliphatic heterocycles. The van der Waals surface area contributed by atoms with Crippen LogP contribution in [0.2, 0.25) is 0 Å². The van der Waals surface area contributed by atoms with Gasteiger partial charge in [0, 0.05) is 11.6 Å². The van der Waals surface area contributed by atoms with Crippen molar-refractivity contribution in [2.75, 3.05) is 0 Å². The third kappa shape index (κ3) is 2.54. The van der Waals surface area contributed by atoms with Gasteiger partial charge < -0.3 is 14.6 Å². The van der Waals surface area contributed by atoms with Gasteiger partial charge in [-0.1, -0.05) is 18.2 Å². The van der Waals surface area contributed by atoms with Crippen LogP contribution in [-0.4, -0.2) is 16.5 Å². The third-order valence-corrected chi connectivity index (χ3v) is 4.35. The number of Topliss-reactive ketones (excluding diaryl/α,β-unsaturated/α-hetero) is 1. The van der Waals surface area contributed by atoms with E-state index in [1.165, 1.54) is 0 Å². The van der Waals surface area contributed by atoms with Crippen molar-refractivity contribution in [1.29, 1.82) is 0 Å². The Morgan fingerprint density at radius 3 is 2.62 bits per heavy atom. The third-order valence-electron chi connectivity index (χ3n) is 4.35. The van der Waals surface area contributed by atoms with Crippen LogP contribution in [0.4, 0.5) is 0 Å². The van der Waals surface area contributed by atoms with Crippen LogP contribution in [0.25, 0.3) is 6.08 Å². The lowest BCUT2D eigenvalue weighted by atomic mass is 9.93. The van der Waals surface area contributed by atoms with Crippen molar-refractivity contribution in [1.82, 2.24) is 0 Å². The average Bonchev–Trinajstić information content (AvgIpc) is 2.53. The van der Waals surface area contributed by atoms with E-state index in [9.17, 15) is 9.90 Å². The van der Waals surface area contributed by atoms with Crippen LogP contribution in [0.15, 0.2) is 42.5 Å². The van der Waals surface area contributed by atoms with Crippen LogP contribution < -0.4 is 9.47 Å². The molecule has 0 radical (unpaired) electrons. The molecule has 0 saturated carbocycles. The highest BCUT2D eigenvalue weighted by Crippen LogP contribution is 2.41. The minimum absolute atomic E-state index is 0.0513. The zero-order valence-electron chi connectivity index (χ0n) is 13.6. The molecule has 0 bridgehead atoms. The molecule has 24 heavy (non-hydrogen) atoms.